The standard InChI is InChI=1S/C13H10F3N3O3/c14-13(15,16)12(22)18-9-3-1-2-8(6-9)11-17-4-5-19(11)7-10(20)21/h1-6H,7H2,(H,18,22)(H,20,21). The van der Waals surface area contributed by atoms with Gasteiger partial charge in [0, 0.05) is 23.6 Å². The van der Waals surface area contributed by atoms with Gasteiger partial charge >= 0.3 is 18.1 Å². The number of benzene rings is 1. The lowest BCUT2D eigenvalue weighted by molar-refractivity contribution is -0.167. The molecule has 2 N–H and O–H groups in total. The van der Waals surface area contributed by atoms with E-state index in [-0.39, 0.29) is 18.1 Å². The Labute approximate surface area is 122 Å². The minimum Gasteiger partial charge on any atom is -0.480 e. The van der Waals surface area contributed by atoms with Gasteiger partial charge in [-0.3, -0.25) is 9.59 Å². The van der Waals surface area contributed by atoms with Gasteiger partial charge in [-0.25, -0.2) is 4.98 Å². The molecule has 0 aliphatic rings. The molecule has 0 radical (unpaired) electrons. The fraction of sp³-hybridized carbons (Fsp3) is 0.154. The molecule has 0 spiro atoms. The Hall–Kier alpha value is -2.84. The number of carbonyl (C=O) groups excluding carboxylic acids is 1. The lowest BCUT2D eigenvalue weighted by Crippen LogP contribution is -2.29. The lowest BCUT2D eigenvalue weighted by atomic mass is 10.2. The maximum Gasteiger partial charge on any atom is 0.471 e. The van der Waals surface area contributed by atoms with Crippen LogP contribution in [0.1, 0.15) is 0 Å². The van der Waals surface area contributed by atoms with Crippen molar-refractivity contribution in [2.45, 2.75) is 12.7 Å². The van der Waals surface area contributed by atoms with Crippen molar-refractivity contribution in [2.24, 2.45) is 0 Å². The van der Waals surface area contributed by atoms with Crippen molar-refractivity contribution in [1.82, 2.24) is 9.55 Å². The molecule has 22 heavy (non-hydrogen) atoms. The Morgan fingerprint density at radius 2 is 2.05 bits per heavy atom. The molecule has 0 fully saturated rings. The largest absolute Gasteiger partial charge is 0.480 e. The highest BCUT2D eigenvalue weighted by Gasteiger charge is 2.38. The summed E-state index contributed by atoms with van der Waals surface area (Å²) in [7, 11) is 0. The van der Waals surface area contributed by atoms with Crippen LogP contribution in [0.15, 0.2) is 36.7 Å². The molecule has 0 bridgehead atoms. The van der Waals surface area contributed by atoms with Crippen molar-refractivity contribution in [3.8, 4) is 11.4 Å². The third-order valence-electron chi connectivity index (χ3n) is 2.66. The molecule has 0 aliphatic heterocycles. The smallest absolute Gasteiger partial charge is 0.471 e. The lowest BCUT2D eigenvalue weighted by Gasteiger charge is -2.10. The second-order valence-electron chi connectivity index (χ2n) is 4.31. The van der Waals surface area contributed by atoms with E-state index >= 15 is 0 Å². The van der Waals surface area contributed by atoms with Gasteiger partial charge in [-0.1, -0.05) is 12.1 Å². The first-order valence-electron chi connectivity index (χ1n) is 5.99. The monoisotopic (exact) mass is 313 g/mol. The Morgan fingerprint density at radius 3 is 2.68 bits per heavy atom. The summed E-state index contributed by atoms with van der Waals surface area (Å²) in [6, 6.07) is 5.55. The van der Waals surface area contributed by atoms with E-state index < -0.39 is 18.1 Å². The average Bonchev–Trinajstić information content (AvgIpc) is 2.85. The summed E-state index contributed by atoms with van der Waals surface area (Å²) in [6.45, 7) is -0.339. The highest BCUT2D eigenvalue weighted by atomic mass is 19.4. The highest BCUT2D eigenvalue weighted by molar-refractivity contribution is 5.95. The van der Waals surface area contributed by atoms with Gasteiger partial charge in [-0.15, -0.1) is 0 Å². The first-order valence-corrected chi connectivity index (χ1v) is 5.99. The second kappa shape index (κ2) is 5.88. The molecular formula is C13H10F3N3O3. The quantitative estimate of drug-likeness (QED) is 0.905. The number of aliphatic carboxylic acids is 1. The van der Waals surface area contributed by atoms with Gasteiger partial charge in [-0.05, 0) is 12.1 Å². The van der Waals surface area contributed by atoms with Crippen LogP contribution in [0.3, 0.4) is 0 Å². The first-order chi connectivity index (χ1) is 10.3. The molecule has 2 rings (SSSR count). The number of alkyl halides is 3. The van der Waals surface area contributed by atoms with Crippen LogP contribution in [-0.2, 0) is 16.1 Å². The van der Waals surface area contributed by atoms with Crippen LogP contribution < -0.4 is 5.32 Å². The minimum atomic E-state index is -4.99. The zero-order valence-corrected chi connectivity index (χ0v) is 11.0. The van der Waals surface area contributed by atoms with E-state index in [1.54, 1.807) is 11.4 Å². The van der Waals surface area contributed by atoms with E-state index in [1.165, 1.54) is 35.2 Å². The number of nitrogens with zero attached hydrogens (tertiary/aromatic N) is 2. The zero-order chi connectivity index (χ0) is 16.3. The van der Waals surface area contributed by atoms with Gasteiger partial charge in [0.1, 0.15) is 12.4 Å². The first kappa shape index (κ1) is 15.5. The normalized spacial score (nSPS) is 11.2. The number of carbonyl (C=O) groups is 2. The van der Waals surface area contributed by atoms with Crippen molar-refractivity contribution in [3.05, 3.63) is 36.7 Å². The van der Waals surface area contributed by atoms with Gasteiger partial charge < -0.3 is 15.0 Å². The molecule has 1 amide bonds. The molecule has 0 aliphatic carbocycles. The van der Waals surface area contributed by atoms with E-state index in [0.29, 0.717) is 5.56 Å². The summed E-state index contributed by atoms with van der Waals surface area (Å²) < 4.78 is 38.0. The summed E-state index contributed by atoms with van der Waals surface area (Å²) in [5.74, 6) is -2.90. The Bertz CT molecular complexity index is 710. The summed E-state index contributed by atoms with van der Waals surface area (Å²) in [5, 5.41) is 10.5. The Kier molecular flexibility index (Phi) is 4.15. The van der Waals surface area contributed by atoms with E-state index in [4.69, 9.17) is 5.11 Å². The van der Waals surface area contributed by atoms with Crippen molar-refractivity contribution in [2.75, 3.05) is 5.32 Å². The maximum absolute atomic E-state index is 12.2. The molecule has 116 valence electrons. The molecular weight excluding hydrogens is 303 g/mol. The fourth-order valence-electron chi connectivity index (χ4n) is 1.78. The number of anilines is 1. The number of carboxylic acid groups (broad SMARTS) is 1. The number of hydrogen-bond acceptors (Lipinski definition) is 3. The third-order valence-corrected chi connectivity index (χ3v) is 2.66. The van der Waals surface area contributed by atoms with Crippen LogP contribution in [0.25, 0.3) is 11.4 Å². The molecule has 2 aromatic rings. The fourth-order valence-corrected chi connectivity index (χ4v) is 1.78. The van der Waals surface area contributed by atoms with Crippen LogP contribution in [0.4, 0.5) is 18.9 Å². The van der Waals surface area contributed by atoms with Gasteiger partial charge in [0.05, 0.1) is 0 Å². The number of imidazole rings is 1. The van der Waals surface area contributed by atoms with E-state index in [2.05, 4.69) is 4.98 Å². The van der Waals surface area contributed by atoms with Crippen LogP contribution >= 0.6 is 0 Å². The number of carboxylic acids is 1. The summed E-state index contributed by atoms with van der Waals surface area (Å²) in [6.07, 6.45) is -2.18. The topological polar surface area (TPSA) is 84.2 Å². The van der Waals surface area contributed by atoms with Crippen LogP contribution in [0.2, 0.25) is 0 Å². The number of amides is 1. The van der Waals surface area contributed by atoms with Crippen LogP contribution in [0.5, 0.6) is 0 Å². The molecule has 9 heteroatoms. The van der Waals surface area contributed by atoms with Crippen molar-refractivity contribution in [1.29, 1.82) is 0 Å². The summed E-state index contributed by atoms with van der Waals surface area (Å²) in [4.78, 5) is 25.6. The number of hydrogen-bond donors (Lipinski definition) is 2. The minimum absolute atomic E-state index is 0.0651. The van der Waals surface area contributed by atoms with Crippen molar-refractivity contribution >= 4 is 17.6 Å². The van der Waals surface area contributed by atoms with Gasteiger partial charge in [0.2, 0.25) is 0 Å². The van der Waals surface area contributed by atoms with Crippen LogP contribution in [-0.4, -0.2) is 32.7 Å². The maximum atomic E-state index is 12.2. The second-order valence-corrected chi connectivity index (χ2v) is 4.31. The van der Waals surface area contributed by atoms with Crippen LogP contribution in [0, 0.1) is 0 Å². The molecule has 1 aromatic heterocycles. The predicted octanol–water partition coefficient (Wildman–Crippen LogP) is 2.14. The molecule has 0 saturated heterocycles. The summed E-state index contributed by atoms with van der Waals surface area (Å²) in [5.41, 5.74) is 0.316. The van der Waals surface area contributed by atoms with Gasteiger partial charge in [0.25, 0.3) is 0 Å². The Balaban J connectivity index is 2.27. The Morgan fingerprint density at radius 1 is 1.32 bits per heavy atom. The third kappa shape index (κ3) is 3.62. The number of halogens is 3. The van der Waals surface area contributed by atoms with Gasteiger partial charge in [-0.2, -0.15) is 13.2 Å². The molecule has 1 heterocycles. The SMILES string of the molecule is O=C(O)Cn1ccnc1-c1cccc(NC(=O)C(F)(F)F)c1. The van der Waals surface area contributed by atoms with E-state index in [0.717, 1.165) is 0 Å². The number of aromatic nitrogens is 2. The molecule has 0 atom stereocenters. The predicted molar refractivity (Wildman–Crippen MR) is 70.0 cm³/mol. The number of nitrogens with one attached hydrogen (secondary N) is 1. The molecule has 0 saturated carbocycles. The molecule has 6 nitrogen and oxygen atoms in total. The average molecular weight is 313 g/mol. The molecule has 1 aromatic carbocycles. The highest BCUT2D eigenvalue weighted by Crippen LogP contribution is 2.23. The number of rotatable bonds is 4. The van der Waals surface area contributed by atoms with Crippen molar-refractivity contribution in [3.63, 3.8) is 0 Å². The summed E-state index contributed by atoms with van der Waals surface area (Å²) >= 11 is 0. The van der Waals surface area contributed by atoms with E-state index in [9.17, 15) is 22.8 Å². The van der Waals surface area contributed by atoms with E-state index in [1.807, 2.05) is 0 Å². The van der Waals surface area contributed by atoms with Crippen molar-refractivity contribution < 1.29 is 27.9 Å². The molecule has 0 unspecified atom stereocenters. The van der Waals surface area contributed by atoms with Gasteiger partial charge in [0.15, 0.2) is 0 Å². The zero-order valence-electron chi connectivity index (χ0n) is 11.0.